The van der Waals surface area contributed by atoms with E-state index in [9.17, 15) is 0 Å². The van der Waals surface area contributed by atoms with Crippen LogP contribution in [0.25, 0.3) is 11.3 Å². The molecule has 148 valence electrons. The van der Waals surface area contributed by atoms with Crippen LogP contribution in [-0.2, 0) is 19.9 Å². The summed E-state index contributed by atoms with van der Waals surface area (Å²) in [4.78, 5) is 2.59. The van der Waals surface area contributed by atoms with Crippen LogP contribution in [0.3, 0.4) is 0 Å². The van der Waals surface area contributed by atoms with Crippen LogP contribution in [0.5, 0.6) is 0 Å². The molecule has 0 atom stereocenters. The van der Waals surface area contributed by atoms with Gasteiger partial charge in [0, 0.05) is 37.5 Å². The van der Waals surface area contributed by atoms with Crippen molar-refractivity contribution in [3.63, 3.8) is 0 Å². The van der Waals surface area contributed by atoms with Gasteiger partial charge in [-0.05, 0) is 56.8 Å². The number of fused-ring (bicyclic) bond motifs is 1. The van der Waals surface area contributed by atoms with E-state index in [0.29, 0.717) is 0 Å². The second-order valence-electron chi connectivity index (χ2n) is 7.44. The van der Waals surface area contributed by atoms with Crippen LogP contribution in [0.15, 0.2) is 33.9 Å². The molecule has 6 nitrogen and oxygen atoms in total. The minimum Gasteiger partial charge on any atom is -0.361 e. The Labute approximate surface area is 170 Å². The Morgan fingerprint density at radius 3 is 2.61 bits per heavy atom. The first-order valence-corrected chi connectivity index (χ1v) is 10.9. The molecule has 3 heterocycles. The molecule has 0 bridgehead atoms. The summed E-state index contributed by atoms with van der Waals surface area (Å²) in [5.41, 5.74) is 5.00. The number of benzene rings is 1. The van der Waals surface area contributed by atoms with Crippen LogP contribution in [0.1, 0.15) is 29.1 Å². The third-order valence-electron chi connectivity index (χ3n) is 5.43. The maximum atomic E-state index is 5.23. The van der Waals surface area contributed by atoms with E-state index < -0.39 is 0 Å². The van der Waals surface area contributed by atoms with Gasteiger partial charge in [0.25, 0.3) is 0 Å². The Balaban J connectivity index is 1.30. The Hall–Kier alpha value is -2.12. The molecule has 1 aliphatic heterocycles. The molecule has 0 unspecified atom stereocenters. The van der Waals surface area contributed by atoms with E-state index in [-0.39, 0.29) is 0 Å². The van der Waals surface area contributed by atoms with Crippen molar-refractivity contribution >= 4 is 11.8 Å². The summed E-state index contributed by atoms with van der Waals surface area (Å²) >= 11 is 1.80. The van der Waals surface area contributed by atoms with E-state index in [1.807, 2.05) is 27.0 Å². The second-order valence-corrected chi connectivity index (χ2v) is 8.50. The highest BCUT2D eigenvalue weighted by Gasteiger charge is 2.15. The third kappa shape index (κ3) is 4.31. The number of aromatic nitrogens is 4. The molecule has 4 rings (SSSR count). The smallest absolute Gasteiger partial charge is 0.190 e. The van der Waals surface area contributed by atoms with Crippen LogP contribution in [0.4, 0.5) is 0 Å². The number of hydrogen-bond acceptors (Lipinski definition) is 6. The van der Waals surface area contributed by atoms with E-state index in [4.69, 9.17) is 4.52 Å². The van der Waals surface area contributed by atoms with Crippen molar-refractivity contribution in [1.82, 2.24) is 24.8 Å². The fraction of sp³-hybridized carbons (Fsp3) is 0.476. The third-order valence-corrected chi connectivity index (χ3v) is 6.53. The van der Waals surface area contributed by atoms with Crippen molar-refractivity contribution in [3.05, 3.63) is 47.0 Å². The molecule has 0 saturated carbocycles. The lowest BCUT2D eigenvalue weighted by atomic mass is 9.99. The molecule has 0 spiro atoms. The van der Waals surface area contributed by atoms with Crippen LogP contribution in [0, 0.1) is 13.8 Å². The molecule has 1 aromatic carbocycles. The zero-order valence-electron chi connectivity index (χ0n) is 16.8. The van der Waals surface area contributed by atoms with Gasteiger partial charge in [-0.3, -0.25) is 0 Å². The van der Waals surface area contributed by atoms with E-state index in [1.165, 1.54) is 11.1 Å². The van der Waals surface area contributed by atoms with Gasteiger partial charge in [0.05, 0.1) is 0 Å². The van der Waals surface area contributed by atoms with E-state index in [1.54, 1.807) is 11.8 Å². The van der Waals surface area contributed by atoms with E-state index >= 15 is 0 Å². The molecule has 3 aromatic rings. The number of hydrogen-bond donors (Lipinski definition) is 0. The zero-order valence-corrected chi connectivity index (χ0v) is 17.6. The minimum absolute atomic E-state index is 0.852. The van der Waals surface area contributed by atoms with Gasteiger partial charge in [-0.15, -0.1) is 10.2 Å². The first kappa shape index (κ1) is 19.2. The average molecular weight is 398 g/mol. The second kappa shape index (κ2) is 8.49. The van der Waals surface area contributed by atoms with Crippen molar-refractivity contribution < 1.29 is 4.52 Å². The van der Waals surface area contributed by atoms with Crippen molar-refractivity contribution in [2.45, 2.75) is 38.3 Å². The molecule has 0 radical (unpaired) electrons. The van der Waals surface area contributed by atoms with E-state index in [2.05, 4.69) is 43.0 Å². The summed E-state index contributed by atoms with van der Waals surface area (Å²) in [5, 5.41) is 13.5. The Morgan fingerprint density at radius 2 is 1.89 bits per heavy atom. The van der Waals surface area contributed by atoms with Gasteiger partial charge < -0.3 is 14.0 Å². The predicted molar refractivity (Wildman–Crippen MR) is 112 cm³/mol. The van der Waals surface area contributed by atoms with Crippen LogP contribution in [0.2, 0.25) is 0 Å². The van der Waals surface area contributed by atoms with Gasteiger partial charge in [0.1, 0.15) is 17.3 Å². The summed E-state index contributed by atoms with van der Waals surface area (Å²) < 4.78 is 7.29. The molecule has 28 heavy (non-hydrogen) atoms. The molecule has 0 saturated heterocycles. The first-order valence-electron chi connectivity index (χ1n) is 9.87. The fourth-order valence-electron chi connectivity index (χ4n) is 3.62. The summed E-state index contributed by atoms with van der Waals surface area (Å²) in [6.45, 7) is 7.29. The van der Waals surface area contributed by atoms with Crippen molar-refractivity contribution in [1.29, 1.82) is 0 Å². The van der Waals surface area contributed by atoms with Gasteiger partial charge in [-0.2, -0.15) is 0 Å². The van der Waals surface area contributed by atoms with Gasteiger partial charge >= 0.3 is 0 Å². The topological polar surface area (TPSA) is 60.0 Å². The lowest BCUT2D eigenvalue weighted by Gasteiger charge is -2.19. The van der Waals surface area contributed by atoms with Gasteiger partial charge in [-0.25, -0.2) is 0 Å². The SMILES string of the molecule is Cc1cc(-c2ccc3c(c2)CCN(CCCSc2nnc(C)n2C)CC3)no1. The molecule has 1 aliphatic rings. The molecule has 7 heteroatoms. The maximum absolute atomic E-state index is 5.23. The predicted octanol–water partition coefficient (Wildman–Crippen LogP) is 3.67. The lowest BCUT2D eigenvalue weighted by Crippen LogP contribution is -2.27. The Kier molecular flexibility index (Phi) is 5.82. The van der Waals surface area contributed by atoms with Gasteiger partial charge in [0.15, 0.2) is 5.16 Å². The minimum atomic E-state index is 0.852. The number of thioether (sulfide) groups is 1. The van der Waals surface area contributed by atoms with Crippen LogP contribution >= 0.6 is 11.8 Å². The Bertz CT molecular complexity index is 948. The number of rotatable bonds is 6. The van der Waals surface area contributed by atoms with Crippen LogP contribution < -0.4 is 0 Å². The molecule has 0 fully saturated rings. The largest absolute Gasteiger partial charge is 0.361 e. The Morgan fingerprint density at radius 1 is 1.07 bits per heavy atom. The lowest BCUT2D eigenvalue weighted by molar-refractivity contribution is 0.289. The normalized spacial score (nSPS) is 14.8. The highest BCUT2D eigenvalue weighted by Crippen LogP contribution is 2.25. The fourth-order valence-corrected chi connectivity index (χ4v) is 4.50. The first-order chi connectivity index (χ1) is 13.6. The van der Waals surface area contributed by atoms with Crippen molar-refractivity contribution in [3.8, 4) is 11.3 Å². The summed E-state index contributed by atoms with van der Waals surface area (Å²) in [5.74, 6) is 2.89. The molecule has 0 amide bonds. The maximum Gasteiger partial charge on any atom is 0.190 e. The average Bonchev–Trinajstić information content (AvgIpc) is 3.19. The number of nitrogens with zero attached hydrogens (tertiary/aromatic N) is 5. The van der Waals surface area contributed by atoms with Gasteiger partial charge in [0.2, 0.25) is 0 Å². The molecular formula is C21H27N5OS. The molecule has 0 N–H and O–H groups in total. The standard InChI is InChI=1S/C21H27N5OS/c1-15-13-20(24-27-15)19-6-5-17-7-10-26(11-8-18(17)14-19)9-4-12-28-21-23-22-16(2)25(21)3/h5-6,13-14H,4,7-12H2,1-3H3. The molecule has 2 aromatic heterocycles. The number of aryl methyl sites for hydroxylation is 2. The summed E-state index contributed by atoms with van der Waals surface area (Å²) in [6, 6.07) is 8.74. The molecule has 0 aliphatic carbocycles. The quantitative estimate of drug-likeness (QED) is 0.467. The summed E-state index contributed by atoms with van der Waals surface area (Å²) in [7, 11) is 2.03. The highest BCUT2D eigenvalue weighted by molar-refractivity contribution is 7.99. The zero-order chi connectivity index (χ0) is 19.5. The summed E-state index contributed by atoms with van der Waals surface area (Å²) in [6.07, 6.45) is 3.37. The van der Waals surface area contributed by atoms with Crippen molar-refractivity contribution in [2.24, 2.45) is 7.05 Å². The van der Waals surface area contributed by atoms with Crippen LogP contribution in [-0.4, -0.2) is 50.2 Å². The monoisotopic (exact) mass is 397 g/mol. The highest BCUT2D eigenvalue weighted by atomic mass is 32.2. The molecular weight excluding hydrogens is 370 g/mol. The van der Waals surface area contributed by atoms with Crippen molar-refractivity contribution in [2.75, 3.05) is 25.4 Å². The van der Waals surface area contributed by atoms with E-state index in [0.717, 1.165) is 72.6 Å². The van der Waals surface area contributed by atoms with Gasteiger partial charge in [-0.1, -0.05) is 29.1 Å².